The van der Waals surface area contributed by atoms with E-state index in [0.29, 0.717) is 29.5 Å². The molecule has 1 aromatic carbocycles. The van der Waals surface area contributed by atoms with Gasteiger partial charge < -0.3 is 19.2 Å². The minimum Gasteiger partial charge on any atom is -0.493 e. The Hall–Kier alpha value is -3.09. The number of hydrogen-bond donors (Lipinski definition) is 1. The van der Waals surface area contributed by atoms with Crippen LogP contribution < -0.4 is 14.8 Å². The van der Waals surface area contributed by atoms with Crippen molar-refractivity contribution in [3.63, 3.8) is 0 Å². The van der Waals surface area contributed by atoms with Crippen LogP contribution in [0.4, 0.5) is 0 Å². The number of nitrogens with zero attached hydrogens (tertiary/aromatic N) is 2. The van der Waals surface area contributed by atoms with Gasteiger partial charge in [-0.1, -0.05) is 6.92 Å². The van der Waals surface area contributed by atoms with E-state index < -0.39 is 0 Å². The SMILES string of the molecule is CCc1cc(OCC2CC2)ccc1-c1nc2cnc(OC[C@H](C)NC(C)=O)cc2o1. The summed E-state index contributed by atoms with van der Waals surface area (Å²) in [5, 5.41) is 2.77. The molecule has 0 unspecified atom stereocenters. The number of carbonyl (C=O) groups is 1. The maximum atomic E-state index is 11.1. The third-order valence-electron chi connectivity index (χ3n) is 5.05. The predicted octanol–water partition coefficient (Wildman–Crippen LogP) is 4.14. The fourth-order valence-corrected chi connectivity index (χ4v) is 3.27. The van der Waals surface area contributed by atoms with Crippen LogP contribution >= 0.6 is 0 Å². The van der Waals surface area contributed by atoms with Crippen molar-refractivity contribution in [3.05, 3.63) is 36.0 Å². The number of amides is 1. The number of aryl methyl sites for hydroxylation is 1. The third-order valence-corrected chi connectivity index (χ3v) is 5.05. The molecule has 7 nitrogen and oxygen atoms in total. The molecule has 0 bridgehead atoms. The van der Waals surface area contributed by atoms with Crippen molar-refractivity contribution in [2.75, 3.05) is 13.2 Å². The normalized spacial score (nSPS) is 14.5. The summed E-state index contributed by atoms with van der Waals surface area (Å²) in [6.07, 6.45) is 5.03. The van der Waals surface area contributed by atoms with E-state index in [-0.39, 0.29) is 11.9 Å². The molecule has 0 aliphatic heterocycles. The Labute approximate surface area is 175 Å². The van der Waals surface area contributed by atoms with Crippen LogP contribution in [0.5, 0.6) is 11.6 Å². The number of hydrogen-bond acceptors (Lipinski definition) is 6. The van der Waals surface area contributed by atoms with Gasteiger partial charge >= 0.3 is 0 Å². The number of pyridine rings is 1. The molecule has 0 radical (unpaired) electrons. The zero-order chi connectivity index (χ0) is 21.1. The molecule has 1 N–H and O–H groups in total. The Kier molecular flexibility index (Phi) is 5.88. The summed E-state index contributed by atoms with van der Waals surface area (Å²) in [7, 11) is 0. The lowest BCUT2D eigenvalue weighted by atomic mass is 10.0. The molecule has 1 aliphatic carbocycles. The van der Waals surface area contributed by atoms with E-state index in [1.54, 1.807) is 12.3 Å². The minimum atomic E-state index is -0.113. The molecule has 158 valence electrons. The van der Waals surface area contributed by atoms with Gasteiger partial charge in [0.1, 0.15) is 17.9 Å². The molecule has 2 aromatic heterocycles. The second-order valence-corrected chi connectivity index (χ2v) is 7.85. The lowest BCUT2D eigenvalue weighted by Gasteiger charge is -2.12. The first-order valence-corrected chi connectivity index (χ1v) is 10.4. The molecule has 1 saturated carbocycles. The van der Waals surface area contributed by atoms with Gasteiger partial charge in [-0.05, 0) is 55.9 Å². The van der Waals surface area contributed by atoms with Gasteiger partial charge in [0.25, 0.3) is 0 Å². The quantitative estimate of drug-likeness (QED) is 0.571. The Balaban J connectivity index is 1.50. The van der Waals surface area contributed by atoms with E-state index in [2.05, 4.69) is 28.3 Å². The van der Waals surface area contributed by atoms with E-state index in [1.165, 1.54) is 19.8 Å². The van der Waals surface area contributed by atoms with Crippen LogP contribution in [0.15, 0.2) is 34.9 Å². The number of oxazole rings is 1. The van der Waals surface area contributed by atoms with Crippen LogP contribution in [0.25, 0.3) is 22.6 Å². The predicted molar refractivity (Wildman–Crippen MR) is 114 cm³/mol. The van der Waals surface area contributed by atoms with E-state index in [4.69, 9.17) is 13.9 Å². The van der Waals surface area contributed by atoms with Crippen LogP contribution in [0.1, 0.15) is 39.2 Å². The standard InChI is InChI=1S/C23H27N3O4/c1-4-17-9-18(28-13-16-5-6-16)7-8-19(17)23-26-20-11-24-22(10-21(20)30-23)29-12-14(2)25-15(3)27/h7-11,14,16H,4-6,12-13H2,1-3H3,(H,25,27)/t14-/m0/s1. The van der Waals surface area contributed by atoms with Crippen LogP contribution in [-0.4, -0.2) is 35.1 Å². The van der Waals surface area contributed by atoms with Crippen molar-refractivity contribution in [1.82, 2.24) is 15.3 Å². The summed E-state index contributed by atoms with van der Waals surface area (Å²) in [6.45, 7) is 6.57. The molecule has 0 saturated heterocycles. The van der Waals surface area contributed by atoms with Crippen molar-refractivity contribution >= 4 is 17.0 Å². The van der Waals surface area contributed by atoms with Crippen LogP contribution in [0, 0.1) is 5.92 Å². The van der Waals surface area contributed by atoms with Gasteiger partial charge in [-0.3, -0.25) is 4.79 Å². The van der Waals surface area contributed by atoms with Crippen molar-refractivity contribution < 1.29 is 18.7 Å². The molecule has 30 heavy (non-hydrogen) atoms. The van der Waals surface area contributed by atoms with Crippen LogP contribution in [0.2, 0.25) is 0 Å². The third kappa shape index (κ3) is 4.90. The second-order valence-electron chi connectivity index (χ2n) is 7.85. The number of rotatable bonds is 9. The molecule has 4 rings (SSSR count). The minimum absolute atomic E-state index is 0.0925. The number of ether oxygens (including phenoxy) is 2. The molecule has 3 aromatic rings. The van der Waals surface area contributed by atoms with Crippen molar-refractivity contribution in [2.45, 2.75) is 46.1 Å². The second kappa shape index (κ2) is 8.73. The highest BCUT2D eigenvalue weighted by molar-refractivity contribution is 5.77. The highest BCUT2D eigenvalue weighted by Gasteiger charge is 2.22. The fourth-order valence-electron chi connectivity index (χ4n) is 3.27. The molecule has 1 amide bonds. The van der Waals surface area contributed by atoms with Gasteiger partial charge in [0.2, 0.25) is 17.7 Å². The van der Waals surface area contributed by atoms with Gasteiger partial charge in [-0.2, -0.15) is 0 Å². The Morgan fingerprint density at radius 2 is 2.13 bits per heavy atom. The highest BCUT2D eigenvalue weighted by atomic mass is 16.5. The molecule has 1 atom stereocenters. The summed E-state index contributed by atoms with van der Waals surface area (Å²) < 4.78 is 17.6. The van der Waals surface area contributed by atoms with Gasteiger partial charge in [0.05, 0.1) is 18.8 Å². The molecule has 0 spiro atoms. The van der Waals surface area contributed by atoms with Gasteiger partial charge in [0, 0.05) is 18.6 Å². The Bertz CT molecular complexity index is 1040. The Morgan fingerprint density at radius 3 is 2.87 bits per heavy atom. The zero-order valence-corrected chi connectivity index (χ0v) is 17.6. The average molecular weight is 409 g/mol. The molecule has 7 heteroatoms. The van der Waals surface area contributed by atoms with E-state index in [9.17, 15) is 4.79 Å². The van der Waals surface area contributed by atoms with E-state index in [0.717, 1.165) is 35.8 Å². The molecular formula is C23H27N3O4. The summed E-state index contributed by atoms with van der Waals surface area (Å²) in [5.41, 5.74) is 3.36. The van der Waals surface area contributed by atoms with Crippen molar-refractivity contribution in [1.29, 1.82) is 0 Å². The molecular weight excluding hydrogens is 382 g/mol. The zero-order valence-electron chi connectivity index (χ0n) is 17.6. The van der Waals surface area contributed by atoms with Gasteiger partial charge in [0.15, 0.2) is 5.58 Å². The van der Waals surface area contributed by atoms with E-state index in [1.807, 2.05) is 19.1 Å². The first-order chi connectivity index (χ1) is 14.5. The van der Waals surface area contributed by atoms with Crippen molar-refractivity contribution in [3.8, 4) is 23.1 Å². The molecule has 1 fully saturated rings. The summed E-state index contributed by atoms with van der Waals surface area (Å²) in [4.78, 5) is 20.0. The van der Waals surface area contributed by atoms with E-state index >= 15 is 0 Å². The number of fused-ring (bicyclic) bond motifs is 1. The van der Waals surface area contributed by atoms with Crippen LogP contribution in [-0.2, 0) is 11.2 Å². The van der Waals surface area contributed by atoms with Crippen LogP contribution in [0.3, 0.4) is 0 Å². The highest BCUT2D eigenvalue weighted by Crippen LogP contribution is 2.33. The summed E-state index contributed by atoms with van der Waals surface area (Å²) in [6, 6.07) is 7.67. The average Bonchev–Trinajstić information content (AvgIpc) is 3.46. The smallest absolute Gasteiger partial charge is 0.227 e. The first kappa shape index (κ1) is 20.2. The number of nitrogens with one attached hydrogen (secondary N) is 1. The lowest BCUT2D eigenvalue weighted by molar-refractivity contribution is -0.119. The largest absolute Gasteiger partial charge is 0.493 e. The number of benzene rings is 1. The molecule has 1 aliphatic rings. The molecule has 2 heterocycles. The first-order valence-electron chi connectivity index (χ1n) is 10.4. The topological polar surface area (TPSA) is 86.5 Å². The van der Waals surface area contributed by atoms with Gasteiger partial charge in [-0.25, -0.2) is 9.97 Å². The maximum absolute atomic E-state index is 11.1. The number of carbonyl (C=O) groups excluding carboxylic acids is 1. The Morgan fingerprint density at radius 1 is 1.30 bits per heavy atom. The van der Waals surface area contributed by atoms with Gasteiger partial charge in [-0.15, -0.1) is 0 Å². The maximum Gasteiger partial charge on any atom is 0.227 e. The number of aromatic nitrogens is 2. The fraction of sp³-hybridized carbons (Fsp3) is 0.435. The lowest BCUT2D eigenvalue weighted by Crippen LogP contribution is -2.35. The summed E-state index contributed by atoms with van der Waals surface area (Å²) in [5.74, 6) is 2.51. The monoisotopic (exact) mass is 409 g/mol. The summed E-state index contributed by atoms with van der Waals surface area (Å²) >= 11 is 0. The van der Waals surface area contributed by atoms with Crippen molar-refractivity contribution in [2.24, 2.45) is 5.92 Å².